The van der Waals surface area contributed by atoms with Crippen molar-refractivity contribution in [1.29, 1.82) is 0 Å². The van der Waals surface area contributed by atoms with Gasteiger partial charge in [-0.3, -0.25) is 9.48 Å². The maximum atomic E-state index is 12.0. The van der Waals surface area contributed by atoms with Crippen LogP contribution in [0.2, 0.25) is 0 Å². The lowest BCUT2D eigenvalue weighted by Gasteiger charge is -2.04. The van der Waals surface area contributed by atoms with Crippen LogP contribution in [0.25, 0.3) is 11.4 Å². The molecule has 25 heavy (non-hydrogen) atoms. The van der Waals surface area contributed by atoms with Crippen molar-refractivity contribution in [2.75, 3.05) is 7.05 Å². The van der Waals surface area contributed by atoms with Crippen molar-refractivity contribution in [2.24, 2.45) is 0 Å². The second kappa shape index (κ2) is 6.20. The van der Waals surface area contributed by atoms with Crippen molar-refractivity contribution in [3.63, 3.8) is 0 Å². The van der Waals surface area contributed by atoms with Gasteiger partial charge in [0, 0.05) is 31.5 Å². The van der Waals surface area contributed by atoms with Gasteiger partial charge in [0.15, 0.2) is 0 Å². The summed E-state index contributed by atoms with van der Waals surface area (Å²) >= 11 is 0. The van der Waals surface area contributed by atoms with E-state index in [0.717, 1.165) is 46.6 Å². The summed E-state index contributed by atoms with van der Waals surface area (Å²) in [6.07, 6.45) is 7.86. The molecular formula is C19H21N5O. The molecule has 128 valence electrons. The summed E-state index contributed by atoms with van der Waals surface area (Å²) in [7, 11) is 1.83. The van der Waals surface area contributed by atoms with Crippen molar-refractivity contribution in [1.82, 2.24) is 24.6 Å². The summed E-state index contributed by atoms with van der Waals surface area (Å²) in [5.41, 5.74) is 5.11. The number of imidazole rings is 1. The molecule has 1 aliphatic heterocycles. The first-order valence-electron chi connectivity index (χ1n) is 8.58. The lowest BCUT2D eigenvalue weighted by molar-refractivity contribution is 0.0816. The van der Waals surface area contributed by atoms with E-state index in [2.05, 4.69) is 28.1 Å². The molecule has 4 rings (SSSR count). The number of nitrogens with one attached hydrogen (secondary N) is 1. The van der Waals surface area contributed by atoms with Crippen molar-refractivity contribution < 1.29 is 4.79 Å². The summed E-state index contributed by atoms with van der Waals surface area (Å²) in [4.78, 5) is 21.5. The molecule has 0 unspecified atom stereocenters. The van der Waals surface area contributed by atoms with E-state index in [0.29, 0.717) is 13.1 Å². The van der Waals surface area contributed by atoms with E-state index in [4.69, 9.17) is 0 Å². The van der Waals surface area contributed by atoms with Crippen molar-refractivity contribution in [2.45, 2.75) is 32.9 Å². The first kappa shape index (κ1) is 15.6. The van der Waals surface area contributed by atoms with Gasteiger partial charge in [0.1, 0.15) is 5.82 Å². The Morgan fingerprint density at radius 2 is 2.20 bits per heavy atom. The van der Waals surface area contributed by atoms with Crippen LogP contribution in [0.15, 0.2) is 36.8 Å². The first-order valence-corrected chi connectivity index (χ1v) is 8.58. The van der Waals surface area contributed by atoms with Crippen LogP contribution in [0.4, 0.5) is 0 Å². The highest BCUT2D eigenvalue weighted by atomic mass is 16.2. The largest absolute Gasteiger partial charge is 0.344 e. The van der Waals surface area contributed by atoms with E-state index < -0.39 is 0 Å². The topological polar surface area (TPSA) is 66.8 Å². The number of rotatable bonds is 5. The van der Waals surface area contributed by atoms with Gasteiger partial charge in [-0.1, -0.05) is 25.5 Å². The number of benzene rings is 1. The van der Waals surface area contributed by atoms with Gasteiger partial charge in [-0.15, -0.1) is 0 Å². The lowest BCUT2D eigenvalue weighted by atomic mass is 10.1. The van der Waals surface area contributed by atoms with Crippen LogP contribution < -0.4 is 0 Å². The van der Waals surface area contributed by atoms with Gasteiger partial charge < -0.3 is 9.88 Å². The molecule has 0 aliphatic carbocycles. The molecule has 3 aromatic rings. The van der Waals surface area contributed by atoms with Crippen LogP contribution in [0.5, 0.6) is 0 Å². The van der Waals surface area contributed by atoms with E-state index in [9.17, 15) is 4.79 Å². The SMILES string of the molecule is CCCc1c[nH]c(-c2cnn(Cc3ccc4c(c3)CN(C)C4=O)c2)n1. The highest BCUT2D eigenvalue weighted by Crippen LogP contribution is 2.23. The van der Waals surface area contributed by atoms with Crippen LogP contribution in [-0.4, -0.2) is 37.6 Å². The van der Waals surface area contributed by atoms with E-state index in [1.165, 1.54) is 0 Å². The van der Waals surface area contributed by atoms with E-state index in [-0.39, 0.29) is 5.91 Å². The second-order valence-corrected chi connectivity index (χ2v) is 6.57. The van der Waals surface area contributed by atoms with Gasteiger partial charge in [-0.05, 0) is 23.6 Å². The smallest absolute Gasteiger partial charge is 0.254 e. The van der Waals surface area contributed by atoms with Gasteiger partial charge in [0.25, 0.3) is 5.91 Å². The standard InChI is InChI=1S/C19H21N5O/c1-3-4-16-9-20-18(22-16)15-8-21-24(12-15)10-13-5-6-17-14(7-13)11-23(2)19(17)25/h5-9,12H,3-4,10-11H2,1-2H3,(H,20,22). The number of hydrogen-bond donors (Lipinski definition) is 1. The Labute approximate surface area is 146 Å². The number of carbonyl (C=O) groups is 1. The summed E-state index contributed by atoms with van der Waals surface area (Å²) in [5, 5.41) is 4.45. The highest BCUT2D eigenvalue weighted by molar-refractivity contribution is 5.98. The van der Waals surface area contributed by atoms with Gasteiger partial charge in [-0.25, -0.2) is 4.98 Å². The number of fused-ring (bicyclic) bond motifs is 1. The van der Waals surface area contributed by atoms with Gasteiger partial charge in [0.05, 0.1) is 24.0 Å². The number of amides is 1. The fourth-order valence-electron chi connectivity index (χ4n) is 3.27. The molecule has 0 saturated carbocycles. The Bertz CT molecular complexity index is 924. The third kappa shape index (κ3) is 2.95. The number of aromatic nitrogens is 4. The minimum absolute atomic E-state index is 0.101. The molecule has 0 bridgehead atoms. The summed E-state index contributed by atoms with van der Waals surface area (Å²) < 4.78 is 1.90. The molecule has 0 fully saturated rings. The average Bonchev–Trinajstić information content (AvgIpc) is 3.29. The third-order valence-electron chi connectivity index (χ3n) is 4.54. The molecule has 6 nitrogen and oxygen atoms in total. The van der Waals surface area contributed by atoms with Crippen LogP contribution in [0.1, 0.15) is 40.5 Å². The number of aromatic amines is 1. The van der Waals surface area contributed by atoms with Gasteiger partial charge in [-0.2, -0.15) is 5.10 Å². The van der Waals surface area contributed by atoms with E-state index in [1.54, 1.807) is 4.90 Å². The fourth-order valence-corrected chi connectivity index (χ4v) is 3.27. The molecule has 1 aliphatic rings. The Balaban J connectivity index is 1.52. The quantitative estimate of drug-likeness (QED) is 0.779. The first-order chi connectivity index (χ1) is 12.1. The molecule has 0 saturated heterocycles. The van der Waals surface area contributed by atoms with Crippen molar-refractivity contribution >= 4 is 5.91 Å². The van der Waals surface area contributed by atoms with Crippen molar-refractivity contribution in [3.05, 3.63) is 59.2 Å². The maximum Gasteiger partial charge on any atom is 0.254 e. The number of H-pyrrole nitrogens is 1. The minimum Gasteiger partial charge on any atom is -0.344 e. The summed E-state index contributed by atoms with van der Waals surface area (Å²) in [6.45, 7) is 3.50. The number of nitrogens with zero attached hydrogens (tertiary/aromatic N) is 4. The number of aryl methyl sites for hydroxylation is 1. The maximum absolute atomic E-state index is 12.0. The van der Waals surface area contributed by atoms with Crippen LogP contribution >= 0.6 is 0 Å². The summed E-state index contributed by atoms with van der Waals surface area (Å²) in [6, 6.07) is 6.03. The lowest BCUT2D eigenvalue weighted by Crippen LogP contribution is -2.17. The molecule has 0 atom stereocenters. The van der Waals surface area contributed by atoms with E-state index >= 15 is 0 Å². The zero-order valence-corrected chi connectivity index (χ0v) is 14.5. The molecule has 0 radical (unpaired) electrons. The average molecular weight is 335 g/mol. The highest BCUT2D eigenvalue weighted by Gasteiger charge is 2.24. The number of hydrogen-bond acceptors (Lipinski definition) is 3. The minimum atomic E-state index is 0.101. The summed E-state index contributed by atoms with van der Waals surface area (Å²) in [5.74, 6) is 0.958. The zero-order valence-electron chi connectivity index (χ0n) is 14.5. The molecule has 1 aromatic carbocycles. The second-order valence-electron chi connectivity index (χ2n) is 6.57. The third-order valence-corrected chi connectivity index (χ3v) is 4.54. The van der Waals surface area contributed by atoms with Gasteiger partial charge >= 0.3 is 0 Å². The molecule has 6 heteroatoms. The molecule has 2 aromatic heterocycles. The zero-order chi connectivity index (χ0) is 17.4. The molecule has 0 spiro atoms. The Kier molecular flexibility index (Phi) is 3.87. The molecule has 3 heterocycles. The number of carbonyl (C=O) groups excluding carboxylic acids is 1. The monoisotopic (exact) mass is 335 g/mol. The van der Waals surface area contributed by atoms with Crippen LogP contribution in [0, 0.1) is 0 Å². The van der Waals surface area contributed by atoms with Crippen LogP contribution in [0.3, 0.4) is 0 Å². The normalized spacial score (nSPS) is 13.5. The van der Waals surface area contributed by atoms with Crippen LogP contribution in [-0.2, 0) is 19.5 Å². The molecular weight excluding hydrogens is 314 g/mol. The Morgan fingerprint density at radius 3 is 3.04 bits per heavy atom. The molecule has 1 amide bonds. The fraction of sp³-hybridized carbons (Fsp3) is 0.316. The van der Waals surface area contributed by atoms with Gasteiger partial charge in [0.2, 0.25) is 0 Å². The predicted octanol–water partition coefficient (Wildman–Crippen LogP) is 2.86. The van der Waals surface area contributed by atoms with Crippen molar-refractivity contribution in [3.8, 4) is 11.4 Å². The van der Waals surface area contributed by atoms with E-state index in [1.807, 2.05) is 42.5 Å². The Hall–Kier alpha value is -2.89. The predicted molar refractivity (Wildman–Crippen MR) is 95.1 cm³/mol. The molecule has 1 N–H and O–H groups in total. The Morgan fingerprint density at radius 1 is 1.32 bits per heavy atom.